The molecule has 4 rings (SSSR count). The molecule has 1 aromatic heterocycles. The van der Waals surface area contributed by atoms with Crippen molar-refractivity contribution in [1.82, 2.24) is 15.1 Å². The molecule has 2 aromatic carbocycles. The van der Waals surface area contributed by atoms with Crippen LogP contribution in [0.4, 0.5) is 5.13 Å². The Morgan fingerprint density at radius 3 is 2.22 bits per heavy atom. The maximum absolute atomic E-state index is 12.4. The van der Waals surface area contributed by atoms with Gasteiger partial charge in [0, 0.05) is 18.5 Å². The van der Waals surface area contributed by atoms with E-state index in [1.165, 1.54) is 16.2 Å². The number of carbonyl (C=O) groups is 3. The van der Waals surface area contributed by atoms with Gasteiger partial charge in [-0.05, 0) is 24.3 Å². The Morgan fingerprint density at radius 1 is 0.926 bits per heavy atom. The van der Waals surface area contributed by atoms with E-state index >= 15 is 0 Å². The first-order chi connectivity index (χ1) is 13.1. The second-order valence-corrected chi connectivity index (χ2v) is 6.94. The molecule has 0 unspecified atom stereocenters. The summed E-state index contributed by atoms with van der Waals surface area (Å²) in [4.78, 5) is 38.1. The lowest BCUT2D eigenvalue weighted by molar-refractivity contribution is 0.0655. The van der Waals surface area contributed by atoms with Crippen LogP contribution in [0.15, 0.2) is 54.6 Å². The quantitative estimate of drug-likeness (QED) is 0.689. The van der Waals surface area contributed by atoms with Crippen molar-refractivity contribution in [2.45, 2.75) is 6.42 Å². The predicted octanol–water partition coefficient (Wildman–Crippen LogP) is 2.63. The first-order valence-electron chi connectivity index (χ1n) is 8.27. The topological polar surface area (TPSA) is 92.3 Å². The third kappa shape index (κ3) is 3.34. The fourth-order valence-corrected chi connectivity index (χ4v) is 3.54. The normalized spacial score (nSPS) is 13.0. The molecule has 0 aliphatic carbocycles. The number of carbonyl (C=O) groups excluding carboxylic acids is 3. The number of nitrogens with zero attached hydrogens (tertiary/aromatic N) is 3. The van der Waals surface area contributed by atoms with E-state index in [2.05, 4.69) is 15.5 Å². The van der Waals surface area contributed by atoms with Crippen LogP contribution in [0.1, 0.15) is 36.1 Å². The minimum absolute atomic E-state index is 0.216. The van der Waals surface area contributed by atoms with Crippen molar-refractivity contribution in [2.24, 2.45) is 0 Å². The lowest BCUT2D eigenvalue weighted by Gasteiger charge is -2.12. The maximum atomic E-state index is 12.4. The highest BCUT2D eigenvalue weighted by Crippen LogP contribution is 2.23. The maximum Gasteiger partial charge on any atom is 0.261 e. The molecule has 0 saturated carbocycles. The standard InChI is InChI=1S/C19H14N4O3S/c24-16(12-6-2-1-3-7-12)20-19-22-21-15(27-19)10-11-23-17(25)13-8-4-5-9-14(13)18(23)26/h1-9H,10-11H2,(H,20,22,24). The molecule has 3 amide bonds. The summed E-state index contributed by atoms with van der Waals surface area (Å²) >= 11 is 1.22. The number of aromatic nitrogens is 2. The molecule has 0 saturated heterocycles. The smallest absolute Gasteiger partial charge is 0.261 e. The number of hydrogen-bond acceptors (Lipinski definition) is 6. The highest BCUT2D eigenvalue weighted by Gasteiger charge is 2.34. The van der Waals surface area contributed by atoms with Gasteiger partial charge in [0.25, 0.3) is 17.7 Å². The molecule has 1 aliphatic heterocycles. The van der Waals surface area contributed by atoms with E-state index in [1.54, 1.807) is 48.5 Å². The van der Waals surface area contributed by atoms with E-state index in [0.29, 0.717) is 33.3 Å². The molecule has 134 valence electrons. The third-order valence-corrected chi connectivity index (χ3v) is 5.05. The second-order valence-electron chi connectivity index (χ2n) is 5.88. The van der Waals surface area contributed by atoms with Gasteiger partial charge in [0.05, 0.1) is 11.1 Å². The fraction of sp³-hybridized carbons (Fsp3) is 0.105. The molecular weight excluding hydrogens is 364 g/mol. The van der Waals surface area contributed by atoms with Crippen LogP contribution in [0.5, 0.6) is 0 Å². The summed E-state index contributed by atoms with van der Waals surface area (Å²) in [6.07, 6.45) is 0.379. The summed E-state index contributed by atoms with van der Waals surface area (Å²) in [6.45, 7) is 0.216. The first-order valence-corrected chi connectivity index (χ1v) is 9.09. The monoisotopic (exact) mass is 378 g/mol. The molecule has 1 N–H and O–H groups in total. The second kappa shape index (κ2) is 7.08. The van der Waals surface area contributed by atoms with E-state index in [0.717, 1.165) is 0 Å². The van der Waals surface area contributed by atoms with Gasteiger partial charge >= 0.3 is 0 Å². The zero-order chi connectivity index (χ0) is 18.8. The van der Waals surface area contributed by atoms with Gasteiger partial charge < -0.3 is 0 Å². The summed E-state index contributed by atoms with van der Waals surface area (Å²) in [5.74, 6) is -0.853. The van der Waals surface area contributed by atoms with E-state index in [-0.39, 0.29) is 24.3 Å². The summed E-state index contributed by atoms with van der Waals surface area (Å²) < 4.78 is 0. The lowest BCUT2D eigenvalue weighted by atomic mass is 10.1. The molecule has 0 atom stereocenters. The van der Waals surface area contributed by atoms with Crippen molar-refractivity contribution in [3.8, 4) is 0 Å². The molecule has 2 heterocycles. The van der Waals surface area contributed by atoms with Crippen LogP contribution in [0.25, 0.3) is 0 Å². The van der Waals surface area contributed by atoms with E-state index in [4.69, 9.17) is 0 Å². The van der Waals surface area contributed by atoms with Gasteiger partial charge in [-0.2, -0.15) is 0 Å². The van der Waals surface area contributed by atoms with Crippen LogP contribution in [-0.4, -0.2) is 39.4 Å². The summed E-state index contributed by atoms with van der Waals surface area (Å²) in [5.41, 5.74) is 1.38. The van der Waals surface area contributed by atoms with Crippen molar-refractivity contribution in [3.63, 3.8) is 0 Å². The molecule has 3 aromatic rings. The Hall–Kier alpha value is -3.39. The van der Waals surface area contributed by atoms with E-state index < -0.39 is 0 Å². The van der Waals surface area contributed by atoms with Gasteiger partial charge in [0.1, 0.15) is 5.01 Å². The average molecular weight is 378 g/mol. The minimum atomic E-state index is -0.294. The number of anilines is 1. The number of rotatable bonds is 5. The minimum Gasteiger partial charge on any atom is -0.296 e. The molecule has 7 nitrogen and oxygen atoms in total. The Balaban J connectivity index is 1.39. The molecule has 27 heavy (non-hydrogen) atoms. The highest BCUT2D eigenvalue weighted by atomic mass is 32.1. The number of nitrogens with one attached hydrogen (secondary N) is 1. The van der Waals surface area contributed by atoms with Crippen molar-refractivity contribution >= 4 is 34.2 Å². The van der Waals surface area contributed by atoms with Crippen molar-refractivity contribution < 1.29 is 14.4 Å². The molecule has 0 bridgehead atoms. The van der Waals surface area contributed by atoms with Crippen molar-refractivity contribution in [3.05, 3.63) is 76.3 Å². The van der Waals surface area contributed by atoms with Gasteiger partial charge in [-0.15, -0.1) is 10.2 Å². The Labute approximate surface area is 158 Å². The zero-order valence-electron chi connectivity index (χ0n) is 14.1. The largest absolute Gasteiger partial charge is 0.296 e. The molecule has 8 heteroatoms. The van der Waals surface area contributed by atoms with Crippen molar-refractivity contribution in [2.75, 3.05) is 11.9 Å². The van der Waals surface area contributed by atoms with Gasteiger partial charge in [-0.1, -0.05) is 41.7 Å². The van der Waals surface area contributed by atoms with Gasteiger partial charge in [0.2, 0.25) is 5.13 Å². The number of fused-ring (bicyclic) bond motifs is 1. The highest BCUT2D eigenvalue weighted by molar-refractivity contribution is 7.15. The fourth-order valence-electron chi connectivity index (χ4n) is 2.81. The summed E-state index contributed by atoms with van der Waals surface area (Å²) in [6, 6.07) is 15.6. The van der Waals surface area contributed by atoms with Crippen LogP contribution in [0, 0.1) is 0 Å². The summed E-state index contributed by atoms with van der Waals surface area (Å²) in [7, 11) is 0. The predicted molar refractivity (Wildman–Crippen MR) is 99.8 cm³/mol. The SMILES string of the molecule is O=C(Nc1nnc(CCN2C(=O)c3ccccc3C2=O)s1)c1ccccc1. The molecule has 0 fully saturated rings. The van der Waals surface area contributed by atoms with Crippen LogP contribution in [-0.2, 0) is 6.42 Å². The Bertz CT molecular complexity index is 997. The number of amides is 3. The number of hydrogen-bond donors (Lipinski definition) is 1. The van der Waals surface area contributed by atoms with Gasteiger partial charge in [-0.3, -0.25) is 24.6 Å². The zero-order valence-corrected chi connectivity index (χ0v) is 14.9. The van der Waals surface area contributed by atoms with Crippen LogP contribution < -0.4 is 5.32 Å². The van der Waals surface area contributed by atoms with Gasteiger partial charge in [-0.25, -0.2) is 0 Å². The van der Waals surface area contributed by atoms with Crippen LogP contribution >= 0.6 is 11.3 Å². The van der Waals surface area contributed by atoms with E-state index in [1.807, 2.05) is 6.07 Å². The number of benzene rings is 2. The average Bonchev–Trinajstić information content (AvgIpc) is 3.24. The molecule has 0 spiro atoms. The first kappa shape index (κ1) is 17.0. The molecule has 1 aliphatic rings. The third-order valence-electron chi connectivity index (χ3n) is 4.15. The molecular formula is C19H14N4O3S. The summed E-state index contributed by atoms with van der Waals surface area (Å²) in [5, 5.41) is 11.7. The van der Waals surface area contributed by atoms with Crippen LogP contribution in [0.2, 0.25) is 0 Å². The van der Waals surface area contributed by atoms with Crippen LogP contribution in [0.3, 0.4) is 0 Å². The Morgan fingerprint density at radius 2 is 1.56 bits per heavy atom. The molecule has 0 radical (unpaired) electrons. The van der Waals surface area contributed by atoms with Gasteiger partial charge in [0.15, 0.2) is 0 Å². The lowest BCUT2D eigenvalue weighted by Crippen LogP contribution is -2.31. The van der Waals surface area contributed by atoms with Crippen molar-refractivity contribution in [1.29, 1.82) is 0 Å². The number of imide groups is 1. The van der Waals surface area contributed by atoms with E-state index in [9.17, 15) is 14.4 Å². The Kier molecular flexibility index (Phi) is 4.47.